The molecule has 0 atom stereocenters. The van der Waals surface area contributed by atoms with Gasteiger partial charge in [0, 0.05) is 19.5 Å². The standard InChI is InChI=1S/C13H24N4O2S/c1-3-12-15-10-13(16-12)20(18,19)17-8-5-11(6-9-17)4-7-14-2/h10-11,14H,3-9H2,1-2H3,(H,15,16). The topological polar surface area (TPSA) is 78.1 Å². The highest BCUT2D eigenvalue weighted by Gasteiger charge is 2.30. The highest BCUT2D eigenvalue weighted by atomic mass is 32.2. The number of nitrogens with zero attached hydrogens (tertiary/aromatic N) is 2. The van der Waals surface area contributed by atoms with Crippen molar-refractivity contribution in [2.24, 2.45) is 5.92 Å². The fraction of sp³-hybridized carbons (Fsp3) is 0.769. The molecular formula is C13H24N4O2S. The maximum atomic E-state index is 12.5. The molecule has 1 aliphatic heterocycles. The lowest BCUT2D eigenvalue weighted by atomic mass is 9.95. The number of aryl methyl sites for hydroxylation is 1. The number of imidazole rings is 1. The van der Waals surface area contributed by atoms with Gasteiger partial charge in [-0.2, -0.15) is 4.31 Å². The number of aromatic nitrogens is 2. The number of H-pyrrole nitrogens is 1. The highest BCUT2D eigenvalue weighted by Crippen LogP contribution is 2.24. The maximum absolute atomic E-state index is 12.5. The lowest BCUT2D eigenvalue weighted by Gasteiger charge is -2.30. The number of nitrogens with one attached hydrogen (secondary N) is 2. The Morgan fingerprint density at radius 2 is 2.15 bits per heavy atom. The Bertz CT molecular complexity index is 518. The first-order valence-corrected chi connectivity index (χ1v) is 8.70. The highest BCUT2D eigenvalue weighted by molar-refractivity contribution is 7.89. The quantitative estimate of drug-likeness (QED) is 0.821. The third-order valence-corrected chi connectivity index (χ3v) is 5.74. The van der Waals surface area contributed by atoms with Crippen molar-refractivity contribution in [1.29, 1.82) is 0 Å². The number of hydrogen-bond acceptors (Lipinski definition) is 4. The van der Waals surface area contributed by atoms with Gasteiger partial charge in [-0.25, -0.2) is 13.4 Å². The molecule has 0 unspecified atom stereocenters. The molecule has 1 aliphatic rings. The van der Waals surface area contributed by atoms with Gasteiger partial charge in [0.1, 0.15) is 5.82 Å². The van der Waals surface area contributed by atoms with Crippen molar-refractivity contribution in [2.75, 3.05) is 26.7 Å². The van der Waals surface area contributed by atoms with Gasteiger partial charge in [-0.1, -0.05) is 6.92 Å². The van der Waals surface area contributed by atoms with Crippen LogP contribution in [0.15, 0.2) is 11.2 Å². The Morgan fingerprint density at radius 3 is 2.70 bits per heavy atom. The van der Waals surface area contributed by atoms with Gasteiger partial charge in [0.05, 0.1) is 6.20 Å². The van der Waals surface area contributed by atoms with Gasteiger partial charge in [0.2, 0.25) is 0 Å². The van der Waals surface area contributed by atoms with Crippen LogP contribution in [0.2, 0.25) is 0 Å². The molecule has 0 saturated carbocycles. The van der Waals surface area contributed by atoms with E-state index in [4.69, 9.17) is 0 Å². The molecule has 7 heteroatoms. The molecule has 2 N–H and O–H groups in total. The lowest BCUT2D eigenvalue weighted by Crippen LogP contribution is -2.39. The molecule has 20 heavy (non-hydrogen) atoms. The monoisotopic (exact) mass is 300 g/mol. The predicted octanol–water partition coefficient (Wildman–Crippen LogP) is 0.982. The van der Waals surface area contributed by atoms with Gasteiger partial charge in [-0.05, 0) is 38.8 Å². The number of aromatic amines is 1. The first kappa shape index (κ1) is 15.5. The summed E-state index contributed by atoms with van der Waals surface area (Å²) in [7, 11) is -1.45. The van der Waals surface area contributed by atoms with Gasteiger partial charge >= 0.3 is 0 Å². The Morgan fingerprint density at radius 1 is 1.45 bits per heavy atom. The van der Waals surface area contributed by atoms with Crippen LogP contribution in [-0.2, 0) is 16.4 Å². The molecule has 0 bridgehead atoms. The van der Waals surface area contributed by atoms with Crippen LogP contribution in [0.1, 0.15) is 32.0 Å². The van der Waals surface area contributed by atoms with Crippen LogP contribution in [-0.4, -0.2) is 49.4 Å². The minimum absolute atomic E-state index is 0.225. The number of sulfonamides is 1. The van der Waals surface area contributed by atoms with Gasteiger partial charge in [0.25, 0.3) is 10.0 Å². The first-order chi connectivity index (χ1) is 9.57. The smallest absolute Gasteiger partial charge is 0.260 e. The fourth-order valence-electron chi connectivity index (χ4n) is 2.58. The second-order valence-electron chi connectivity index (χ2n) is 5.29. The molecule has 0 amide bonds. The molecule has 0 spiro atoms. The predicted molar refractivity (Wildman–Crippen MR) is 78.0 cm³/mol. The Hall–Kier alpha value is -0.920. The summed E-state index contributed by atoms with van der Waals surface area (Å²) in [5.74, 6) is 1.34. The SMILES string of the molecule is CCc1ncc(S(=O)(=O)N2CCC(CCNC)CC2)[nH]1. The largest absolute Gasteiger partial charge is 0.332 e. The van der Waals surface area contributed by atoms with Crippen LogP contribution in [0.5, 0.6) is 0 Å². The molecule has 0 aromatic carbocycles. The van der Waals surface area contributed by atoms with Gasteiger partial charge < -0.3 is 10.3 Å². The molecule has 1 aromatic heterocycles. The minimum Gasteiger partial charge on any atom is -0.332 e. The molecule has 1 fully saturated rings. The van der Waals surface area contributed by atoms with Crippen LogP contribution < -0.4 is 5.32 Å². The molecule has 0 aliphatic carbocycles. The van der Waals surface area contributed by atoms with Crippen LogP contribution in [0.4, 0.5) is 0 Å². The summed E-state index contributed by atoms with van der Waals surface area (Å²) < 4.78 is 26.5. The number of rotatable bonds is 6. The maximum Gasteiger partial charge on any atom is 0.260 e. The van der Waals surface area contributed by atoms with E-state index in [1.807, 2.05) is 14.0 Å². The van der Waals surface area contributed by atoms with Crippen molar-refractivity contribution in [1.82, 2.24) is 19.6 Å². The molecular weight excluding hydrogens is 276 g/mol. The van der Waals surface area contributed by atoms with Crippen LogP contribution in [0.3, 0.4) is 0 Å². The number of piperidine rings is 1. The summed E-state index contributed by atoms with van der Waals surface area (Å²) in [4.78, 5) is 6.98. The average molecular weight is 300 g/mol. The van der Waals surface area contributed by atoms with Crippen LogP contribution in [0, 0.1) is 5.92 Å². The molecule has 1 aromatic rings. The van der Waals surface area contributed by atoms with E-state index >= 15 is 0 Å². The zero-order valence-corrected chi connectivity index (χ0v) is 13.0. The Labute approximate surface area is 121 Å². The van der Waals surface area contributed by atoms with Gasteiger partial charge in [-0.3, -0.25) is 0 Å². The number of hydrogen-bond donors (Lipinski definition) is 2. The fourth-order valence-corrected chi connectivity index (χ4v) is 3.98. The van der Waals surface area contributed by atoms with Crippen LogP contribution in [0.25, 0.3) is 0 Å². The van der Waals surface area contributed by atoms with E-state index in [1.165, 1.54) is 6.20 Å². The second-order valence-corrected chi connectivity index (χ2v) is 7.19. The Kier molecular flexibility index (Phi) is 5.17. The molecule has 114 valence electrons. The van der Waals surface area contributed by atoms with Gasteiger partial charge in [-0.15, -0.1) is 0 Å². The molecule has 6 nitrogen and oxygen atoms in total. The van der Waals surface area contributed by atoms with Crippen molar-refractivity contribution < 1.29 is 8.42 Å². The summed E-state index contributed by atoms with van der Waals surface area (Å²) in [6.07, 6.45) is 5.14. The van der Waals surface area contributed by atoms with Crippen molar-refractivity contribution >= 4 is 10.0 Å². The Balaban J connectivity index is 1.98. The minimum atomic E-state index is -3.40. The van der Waals surface area contributed by atoms with E-state index < -0.39 is 10.0 Å². The van der Waals surface area contributed by atoms with E-state index in [0.717, 1.165) is 25.8 Å². The molecule has 0 radical (unpaired) electrons. The molecule has 2 heterocycles. The summed E-state index contributed by atoms with van der Waals surface area (Å²) in [6.45, 7) is 4.16. The van der Waals surface area contributed by atoms with Crippen molar-refractivity contribution in [3.05, 3.63) is 12.0 Å². The lowest BCUT2D eigenvalue weighted by molar-refractivity contribution is 0.262. The van der Waals surface area contributed by atoms with Crippen molar-refractivity contribution in [2.45, 2.75) is 37.6 Å². The normalized spacial score (nSPS) is 18.5. The third-order valence-electron chi connectivity index (χ3n) is 3.93. The van der Waals surface area contributed by atoms with Crippen molar-refractivity contribution in [3.63, 3.8) is 0 Å². The average Bonchev–Trinajstić information content (AvgIpc) is 2.95. The zero-order valence-electron chi connectivity index (χ0n) is 12.2. The summed E-state index contributed by atoms with van der Waals surface area (Å²) in [6, 6.07) is 0. The first-order valence-electron chi connectivity index (χ1n) is 7.26. The second kappa shape index (κ2) is 6.69. The van der Waals surface area contributed by atoms with Gasteiger partial charge in [0.15, 0.2) is 5.03 Å². The summed E-state index contributed by atoms with van der Waals surface area (Å²) in [5, 5.41) is 3.37. The zero-order chi connectivity index (χ0) is 14.6. The van der Waals surface area contributed by atoms with E-state index in [1.54, 1.807) is 4.31 Å². The van der Waals surface area contributed by atoms with Crippen LogP contribution >= 0.6 is 0 Å². The van der Waals surface area contributed by atoms with E-state index in [2.05, 4.69) is 15.3 Å². The van der Waals surface area contributed by atoms with Crippen molar-refractivity contribution in [3.8, 4) is 0 Å². The third kappa shape index (κ3) is 3.39. The summed E-state index contributed by atoms with van der Waals surface area (Å²) in [5.41, 5.74) is 0. The van der Waals surface area contributed by atoms with E-state index in [9.17, 15) is 8.42 Å². The van der Waals surface area contributed by atoms with E-state index in [-0.39, 0.29) is 5.03 Å². The van der Waals surface area contributed by atoms with E-state index in [0.29, 0.717) is 31.3 Å². The molecule has 1 saturated heterocycles. The molecule has 2 rings (SSSR count). The summed E-state index contributed by atoms with van der Waals surface area (Å²) >= 11 is 0.